The average Bonchev–Trinajstić information content (AvgIpc) is 3.11. The summed E-state index contributed by atoms with van der Waals surface area (Å²) in [7, 11) is 0. The predicted molar refractivity (Wildman–Crippen MR) is 115 cm³/mol. The standard InChI is InChI=1S/C26H14F3NO/c27-22-10-6-18(13-24(22)29)17-5-4-16(23(28)12-17)3-1-15-2-8-20-21-9-7-19(31)14-26(21)30-25(20)11-15/h2,4-14,30-31H. The van der Waals surface area contributed by atoms with E-state index in [4.69, 9.17) is 0 Å². The van der Waals surface area contributed by atoms with Gasteiger partial charge in [-0.25, -0.2) is 13.2 Å². The van der Waals surface area contributed by atoms with E-state index in [1.807, 2.05) is 24.3 Å². The minimum atomic E-state index is -0.982. The molecule has 0 saturated carbocycles. The quantitative estimate of drug-likeness (QED) is 0.302. The van der Waals surface area contributed by atoms with E-state index in [2.05, 4.69) is 16.8 Å². The number of aromatic nitrogens is 1. The normalized spacial score (nSPS) is 10.9. The molecule has 0 atom stereocenters. The third kappa shape index (κ3) is 3.49. The molecule has 0 aliphatic carbocycles. The fraction of sp³-hybridized carbons (Fsp3) is 0. The molecule has 0 radical (unpaired) electrons. The van der Waals surface area contributed by atoms with Crippen molar-refractivity contribution in [1.82, 2.24) is 4.98 Å². The molecule has 0 unspecified atom stereocenters. The van der Waals surface area contributed by atoms with Crippen molar-refractivity contribution in [1.29, 1.82) is 0 Å². The van der Waals surface area contributed by atoms with E-state index in [1.165, 1.54) is 18.2 Å². The number of phenols is 1. The van der Waals surface area contributed by atoms with Gasteiger partial charge in [-0.05, 0) is 59.7 Å². The molecule has 2 nitrogen and oxygen atoms in total. The average molecular weight is 413 g/mol. The molecule has 0 spiro atoms. The number of rotatable bonds is 1. The first-order valence-corrected chi connectivity index (χ1v) is 9.49. The van der Waals surface area contributed by atoms with E-state index >= 15 is 0 Å². The second-order valence-corrected chi connectivity index (χ2v) is 7.19. The summed E-state index contributed by atoms with van der Waals surface area (Å²) in [5, 5.41) is 11.6. The fourth-order valence-corrected chi connectivity index (χ4v) is 3.59. The van der Waals surface area contributed by atoms with Crippen LogP contribution in [0.2, 0.25) is 0 Å². The number of hydrogen-bond donors (Lipinski definition) is 2. The van der Waals surface area contributed by atoms with Crippen LogP contribution in [0.4, 0.5) is 13.2 Å². The van der Waals surface area contributed by atoms with Crippen LogP contribution in [0.15, 0.2) is 72.8 Å². The number of fused-ring (bicyclic) bond motifs is 3. The SMILES string of the molecule is Oc1ccc2c(c1)[nH]c1cc(C#Cc3ccc(-c4ccc(F)c(F)c4)cc3F)ccc12. The molecule has 150 valence electrons. The van der Waals surface area contributed by atoms with Crippen LogP contribution in [0, 0.1) is 29.3 Å². The van der Waals surface area contributed by atoms with Crippen LogP contribution in [-0.2, 0) is 0 Å². The lowest BCUT2D eigenvalue weighted by Crippen LogP contribution is -1.89. The van der Waals surface area contributed by atoms with Crippen molar-refractivity contribution in [3.63, 3.8) is 0 Å². The van der Waals surface area contributed by atoms with Gasteiger partial charge in [0.1, 0.15) is 11.6 Å². The van der Waals surface area contributed by atoms with E-state index in [9.17, 15) is 18.3 Å². The Morgan fingerprint density at radius 2 is 1.29 bits per heavy atom. The maximum atomic E-state index is 14.5. The molecule has 4 aromatic carbocycles. The third-order valence-corrected chi connectivity index (χ3v) is 5.15. The van der Waals surface area contributed by atoms with Crippen molar-refractivity contribution in [2.75, 3.05) is 0 Å². The monoisotopic (exact) mass is 413 g/mol. The highest BCUT2D eigenvalue weighted by molar-refractivity contribution is 6.07. The predicted octanol–water partition coefficient (Wildman–Crippen LogP) is 6.51. The molecule has 0 aliphatic rings. The smallest absolute Gasteiger partial charge is 0.159 e. The van der Waals surface area contributed by atoms with Crippen molar-refractivity contribution in [2.45, 2.75) is 0 Å². The van der Waals surface area contributed by atoms with Crippen LogP contribution < -0.4 is 0 Å². The van der Waals surface area contributed by atoms with Crippen molar-refractivity contribution in [2.24, 2.45) is 0 Å². The number of halogens is 3. The summed E-state index contributed by atoms with van der Waals surface area (Å²) >= 11 is 0. The molecule has 2 N–H and O–H groups in total. The van der Waals surface area contributed by atoms with Crippen LogP contribution >= 0.6 is 0 Å². The molecule has 0 bridgehead atoms. The molecule has 0 amide bonds. The maximum Gasteiger partial charge on any atom is 0.159 e. The highest BCUT2D eigenvalue weighted by Crippen LogP contribution is 2.28. The lowest BCUT2D eigenvalue weighted by atomic mass is 10.0. The molecule has 5 aromatic rings. The molecule has 0 aliphatic heterocycles. The fourth-order valence-electron chi connectivity index (χ4n) is 3.59. The van der Waals surface area contributed by atoms with Gasteiger partial charge in [-0.15, -0.1) is 0 Å². The lowest BCUT2D eigenvalue weighted by Gasteiger charge is -2.04. The molecule has 1 aromatic heterocycles. The van der Waals surface area contributed by atoms with E-state index < -0.39 is 17.5 Å². The minimum Gasteiger partial charge on any atom is -0.508 e. The number of phenolic OH excluding ortho intramolecular Hbond substituents is 1. The van der Waals surface area contributed by atoms with Gasteiger partial charge in [-0.3, -0.25) is 0 Å². The van der Waals surface area contributed by atoms with Gasteiger partial charge in [-0.1, -0.05) is 30.0 Å². The van der Waals surface area contributed by atoms with Crippen molar-refractivity contribution < 1.29 is 18.3 Å². The van der Waals surface area contributed by atoms with Crippen LogP contribution in [-0.4, -0.2) is 10.1 Å². The first kappa shape index (κ1) is 18.8. The third-order valence-electron chi connectivity index (χ3n) is 5.15. The lowest BCUT2D eigenvalue weighted by molar-refractivity contribution is 0.476. The number of hydrogen-bond acceptors (Lipinski definition) is 1. The molecule has 5 heteroatoms. The summed E-state index contributed by atoms with van der Waals surface area (Å²) in [6, 6.07) is 18.6. The Kier molecular flexibility index (Phi) is 4.41. The summed E-state index contributed by atoms with van der Waals surface area (Å²) in [6.45, 7) is 0. The zero-order valence-electron chi connectivity index (χ0n) is 16.0. The number of H-pyrrole nitrogens is 1. The largest absolute Gasteiger partial charge is 0.508 e. The Hall–Kier alpha value is -4.17. The Morgan fingerprint density at radius 3 is 2.03 bits per heavy atom. The van der Waals surface area contributed by atoms with Crippen LogP contribution in [0.25, 0.3) is 32.9 Å². The second kappa shape index (κ2) is 7.26. The van der Waals surface area contributed by atoms with E-state index in [1.54, 1.807) is 18.2 Å². The van der Waals surface area contributed by atoms with Crippen molar-refractivity contribution in [3.8, 4) is 28.7 Å². The summed E-state index contributed by atoms with van der Waals surface area (Å²) < 4.78 is 41.1. The first-order valence-electron chi connectivity index (χ1n) is 9.49. The summed E-state index contributed by atoms with van der Waals surface area (Å²) in [5.41, 5.74) is 3.40. The van der Waals surface area contributed by atoms with Gasteiger partial charge in [0, 0.05) is 27.9 Å². The number of nitrogens with one attached hydrogen (secondary N) is 1. The van der Waals surface area contributed by atoms with Gasteiger partial charge in [0.05, 0.1) is 11.1 Å². The Bertz CT molecular complexity index is 1540. The molecule has 0 saturated heterocycles. The van der Waals surface area contributed by atoms with Crippen LogP contribution in [0.5, 0.6) is 5.75 Å². The molecule has 1 heterocycles. The summed E-state index contributed by atoms with van der Waals surface area (Å²) in [6.07, 6.45) is 0. The van der Waals surface area contributed by atoms with Gasteiger partial charge in [0.2, 0.25) is 0 Å². The molecule has 0 fully saturated rings. The van der Waals surface area contributed by atoms with E-state index in [0.29, 0.717) is 16.7 Å². The Labute approximate surface area is 175 Å². The zero-order chi connectivity index (χ0) is 21.5. The van der Waals surface area contributed by atoms with Crippen molar-refractivity contribution in [3.05, 3.63) is 101 Å². The highest BCUT2D eigenvalue weighted by atomic mass is 19.2. The molecular weight excluding hydrogens is 399 g/mol. The van der Waals surface area contributed by atoms with Gasteiger partial charge in [0.15, 0.2) is 11.6 Å². The molecule has 31 heavy (non-hydrogen) atoms. The Morgan fingerprint density at radius 1 is 0.613 bits per heavy atom. The van der Waals surface area contributed by atoms with E-state index in [0.717, 1.165) is 33.9 Å². The van der Waals surface area contributed by atoms with Crippen molar-refractivity contribution >= 4 is 21.8 Å². The van der Waals surface area contributed by atoms with Gasteiger partial charge in [0.25, 0.3) is 0 Å². The van der Waals surface area contributed by atoms with Crippen LogP contribution in [0.1, 0.15) is 11.1 Å². The maximum absolute atomic E-state index is 14.5. The first-order chi connectivity index (χ1) is 15.0. The molecular formula is C26H14F3NO. The number of benzene rings is 4. The van der Waals surface area contributed by atoms with Gasteiger partial charge < -0.3 is 10.1 Å². The summed E-state index contributed by atoms with van der Waals surface area (Å²) in [4.78, 5) is 3.24. The second-order valence-electron chi connectivity index (χ2n) is 7.19. The number of aromatic amines is 1. The highest BCUT2D eigenvalue weighted by Gasteiger charge is 2.08. The van der Waals surface area contributed by atoms with Gasteiger partial charge >= 0.3 is 0 Å². The summed E-state index contributed by atoms with van der Waals surface area (Å²) in [5.74, 6) is 3.49. The zero-order valence-corrected chi connectivity index (χ0v) is 16.0. The van der Waals surface area contributed by atoms with Crippen LogP contribution in [0.3, 0.4) is 0 Å². The minimum absolute atomic E-state index is 0.182. The molecule has 5 rings (SSSR count). The number of aromatic hydroxyl groups is 1. The Balaban J connectivity index is 1.47. The topological polar surface area (TPSA) is 36.0 Å². The van der Waals surface area contributed by atoms with E-state index in [-0.39, 0.29) is 11.3 Å². The van der Waals surface area contributed by atoms with Gasteiger partial charge in [-0.2, -0.15) is 0 Å².